The van der Waals surface area contributed by atoms with Crippen LogP contribution >= 0.6 is 0 Å². The van der Waals surface area contributed by atoms with Gasteiger partial charge >= 0.3 is 5.97 Å². The van der Waals surface area contributed by atoms with Crippen LogP contribution in [0.3, 0.4) is 0 Å². The van der Waals surface area contributed by atoms with Crippen LogP contribution in [0.1, 0.15) is 40.0 Å². The molecule has 2 bridgehead atoms. The Morgan fingerprint density at radius 1 is 1.43 bits per heavy atom. The third-order valence-electron chi connectivity index (χ3n) is 5.14. The standard InChI is InChI=1S/C12H20O2/c1-8-11(2,3)9-5-6-12(8,7-9)10(13)14-4/h8-9H,5-7H2,1-4H3/t8-,9-,12+/m1/s1. The molecular formula is C12H20O2. The number of rotatable bonds is 1. The topological polar surface area (TPSA) is 26.3 Å². The van der Waals surface area contributed by atoms with Gasteiger partial charge in [0.15, 0.2) is 0 Å². The van der Waals surface area contributed by atoms with Crippen molar-refractivity contribution in [3.8, 4) is 0 Å². The van der Waals surface area contributed by atoms with Crippen molar-refractivity contribution >= 4 is 5.97 Å². The largest absolute Gasteiger partial charge is 0.469 e. The Balaban J connectivity index is 2.35. The van der Waals surface area contributed by atoms with Crippen molar-refractivity contribution in [2.75, 3.05) is 7.11 Å². The van der Waals surface area contributed by atoms with E-state index in [0.29, 0.717) is 11.3 Å². The van der Waals surface area contributed by atoms with Crippen LogP contribution in [-0.4, -0.2) is 13.1 Å². The monoisotopic (exact) mass is 196 g/mol. The Hall–Kier alpha value is -0.530. The van der Waals surface area contributed by atoms with Crippen LogP contribution in [0.25, 0.3) is 0 Å². The normalized spacial score (nSPS) is 44.0. The van der Waals surface area contributed by atoms with Gasteiger partial charge in [-0.2, -0.15) is 0 Å². The number of esters is 1. The maximum absolute atomic E-state index is 11.9. The van der Waals surface area contributed by atoms with Crippen LogP contribution in [0.4, 0.5) is 0 Å². The molecular weight excluding hydrogens is 176 g/mol. The number of methoxy groups -OCH3 is 1. The highest BCUT2D eigenvalue weighted by Gasteiger charge is 2.63. The Morgan fingerprint density at radius 3 is 2.50 bits per heavy atom. The van der Waals surface area contributed by atoms with Gasteiger partial charge in [-0.15, -0.1) is 0 Å². The van der Waals surface area contributed by atoms with Crippen molar-refractivity contribution in [1.29, 1.82) is 0 Å². The summed E-state index contributed by atoms with van der Waals surface area (Å²) in [6.45, 7) is 6.81. The summed E-state index contributed by atoms with van der Waals surface area (Å²) in [7, 11) is 1.52. The van der Waals surface area contributed by atoms with Crippen molar-refractivity contribution in [1.82, 2.24) is 0 Å². The maximum atomic E-state index is 11.9. The SMILES string of the molecule is COC(=O)[C@@]12CC[C@H](C1)C(C)(C)[C@H]2C. The summed E-state index contributed by atoms with van der Waals surface area (Å²) in [4.78, 5) is 11.9. The van der Waals surface area contributed by atoms with Crippen molar-refractivity contribution in [2.24, 2.45) is 22.7 Å². The molecule has 2 heteroatoms. The molecule has 0 radical (unpaired) electrons. The van der Waals surface area contributed by atoms with Crippen molar-refractivity contribution in [3.63, 3.8) is 0 Å². The van der Waals surface area contributed by atoms with E-state index in [1.54, 1.807) is 0 Å². The minimum Gasteiger partial charge on any atom is -0.469 e. The molecule has 2 aliphatic rings. The second-order valence-corrected chi connectivity index (χ2v) is 5.63. The number of hydrogen-bond donors (Lipinski definition) is 0. The average Bonchev–Trinajstić information content (AvgIpc) is 2.66. The van der Waals surface area contributed by atoms with E-state index in [9.17, 15) is 4.79 Å². The Bertz CT molecular complexity index is 269. The molecule has 14 heavy (non-hydrogen) atoms. The van der Waals surface area contributed by atoms with E-state index in [1.165, 1.54) is 13.5 Å². The summed E-state index contributed by atoms with van der Waals surface area (Å²) in [5.74, 6) is 1.20. The lowest BCUT2D eigenvalue weighted by Crippen LogP contribution is -2.40. The molecule has 80 valence electrons. The minimum absolute atomic E-state index is 0.0260. The number of hydrogen-bond acceptors (Lipinski definition) is 2. The highest BCUT2D eigenvalue weighted by atomic mass is 16.5. The molecule has 3 atom stereocenters. The van der Waals surface area contributed by atoms with Crippen LogP contribution in [0.2, 0.25) is 0 Å². The third kappa shape index (κ3) is 0.945. The second kappa shape index (κ2) is 2.74. The average molecular weight is 196 g/mol. The molecule has 2 fully saturated rings. The van der Waals surface area contributed by atoms with Gasteiger partial charge in [0.1, 0.15) is 0 Å². The number of fused-ring (bicyclic) bond motifs is 2. The molecule has 2 nitrogen and oxygen atoms in total. The number of carbonyl (C=O) groups is 1. The number of carbonyl (C=O) groups excluding carboxylic acids is 1. The number of ether oxygens (including phenoxy) is 1. The van der Waals surface area contributed by atoms with E-state index in [0.717, 1.165) is 18.8 Å². The lowest BCUT2D eigenvalue weighted by atomic mass is 9.64. The molecule has 0 amide bonds. The van der Waals surface area contributed by atoms with Crippen LogP contribution in [0, 0.1) is 22.7 Å². The maximum Gasteiger partial charge on any atom is 0.312 e. The van der Waals surface area contributed by atoms with E-state index in [2.05, 4.69) is 20.8 Å². The van der Waals surface area contributed by atoms with Crippen LogP contribution in [-0.2, 0) is 9.53 Å². The third-order valence-corrected chi connectivity index (χ3v) is 5.14. The summed E-state index contributed by atoms with van der Waals surface area (Å²) in [5.41, 5.74) is 0.162. The molecule has 0 heterocycles. The fraction of sp³-hybridized carbons (Fsp3) is 0.917. The van der Waals surface area contributed by atoms with Gasteiger partial charge in [-0.25, -0.2) is 0 Å². The summed E-state index contributed by atoms with van der Waals surface area (Å²) in [6.07, 6.45) is 3.29. The highest BCUT2D eigenvalue weighted by molar-refractivity contribution is 5.78. The summed E-state index contributed by atoms with van der Waals surface area (Å²) < 4.78 is 4.98. The fourth-order valence-corrected chi connectivity index (χ4v) is 3.74. The van der Waals surface area contributed by atoms with Gasteiger partial charge in [0.2, 0.25) is 0 Å². The molecule has 2 rings (SSSR count). The summed E-state index contributed by atoms with van der Waals surface area (Å²) in [6, 6.07) is 0. The first-order chi connectivity index (χ1) is 6.45. The molecule has 0 aromatic carbocycles. The van der Waals surface area contributed by atoms with Gasteiger partial charge in [0.25, 0.3) is 0 Å². The molecule has 0 aromatic rings. The molecule has 2 saturated carbocycles. The molecule has 2 aliphatic carbocycles. The molecule has 0 aromatic heterocycles. The second-order valence-electron chi connectivity index (χ2n) is 5.63. The van der Waals surface area contributed by atoms with Crippen LogP contribution in [0.15, 0.2) is 0 Å². The summed E-state index contributed by atoms with van der Waals surface area (Å²) in [5, 5.41) is 0. The molecule has 0 unspecified atom stereocenters. The van der Waals surface area contributed by atoms with Crippen molar-refractivity contribution < 1.29 is 9.53 Å². The first-order valence-electron chi connectivity index (χ1n) is 5.53. The molecule has 0 N–H and O–H groups in total. The zero-order valence-electron chi connectivity index (χ0n) is 9.59. The van der Waals surface area contributed by atoms with Crippen molar-refractivity contribution in [2.45, 2.75) is 40.0 Å². The fourth-order valence-electron chi connectivity index (χ4n) is 3.74. The van der Waals surface area contributed by atoms with Gasteiger partial charge in [0, 0.05) is 0 Å². The van der Waals surface area contributed by atoms with Gasteiger partial charge in [-0.3, -0.25) is 4.79 Å². The zero-order chi connectivity index (χ0) is 10.6. The zero-order valence-corrected chi connectivity index (χ0v) is 9.59. The Morgan fingerprint density at radius 2 is 2.07 bits per heavy atom. The Labute approximate surface area is 86.0 Å². The molecule has 0 aliphatic heterocycles. The van der Waals surface area contributed by atoms with E-state index in [-0.39, 0.29) is 11.4 Å². The van der Waals surface area contributed by atoms with Crippen LogP contribution < -0.4 is 0 Å². The Kier molecular flexibility index (Phi) is 1.96. The van der Waals surface area contributed by atoms with Crippen LogP contribution in [0.5, 0.6) is 0 Å². The van der Waals surface area contributed by atoms with E-state index in [1.807, 2.05) is 0 Å². The van der Waals surface area contributed by atoms with E-state index in [4.69, 9.17) is 4.74 Å². The van der Waals surface area contributed by atoms with E-state index < -0.39 is 0 Å². The van der Waals surface area contributed by atoms with Gasteiger partial charge < -0.3 is 4.74 Å². The predicted octanol–water partition coefficient (Wildman–Crippen LogP) is 2.62. The van der Waals surface area contributed by atoms with Crippen molar-refractivity contribution in [3.05, 3.63) is 0 Å². The first kappa shape index (κ1) is 10.0. The lowest BCUT2D eigenvalue weighted by Gasteiger charge is -2.40. The lowest BCUT2D eigenvalue weighted by molar-refractivity contribution is -0.156. The van der Waals surface area contributed by atoms with Gasteiger partial charge in [-0.05, 0) is 36.5 Å². The van der Waals surface area contributed by atoms with E-state index >= 15 is 0 Å². The smallest absolute Gasteiger partial charge is 0.312 e. The quantitative estimate of drug-likeness (QED) is 0.603. The van der Waals surface area contributed by atoms with Gasteiger partial charge in [0.05, 0.1) is 12.5 Å². The predicted molar refractivity (Wildman–Crippen MR) is 54.7 cm³/mol. The summed E-state index contributed by atoms with van der Waals surface area (Å²) >= 11 is 0. The van der Waals surface area contributed by atoms with Gasteiger partial charge in [-0.1, -0.05) is 20.8 Å². The highest BCUT2D eigenvalue weighted by Crippen LogP contribution is 2.66. The first-order valence-corrected chi connectivity index (χ1v) is 5.53. The minimum atomic E-state index is -0.150. The molecule has 0 spiro atoms. The molecule has 0 saturated heterocycles.